The molecule has 1 N–H and O–H groups in total. The molecule has 3 heterocycles. The largest absolute Gasteiger partial charge is 0.385 e. The molecule has 0 radical (unpaired) electrons. The molecule has 0 bridgehead atoms. The number of aromatic nitrogens is 4. The fourth-order valence-electron chi connectivity index (χ4n) is 3.51. The summed E-state index contributed by atoms with van der Waals surface area (Å²) in [7, 11) is 1.88. The number of carbonyl (C=O) groups excluding carboxylic acids is 1. The topological polar surface area (TPSA) is 84.1 Å². The summed E-state index contributed by atoms with van der Waals surface area (Å²) in [6.07, 6.45) is 5.93. The first-order valence-electron chi connectivity index (χ1n) is 8.80. The van der Waals surface area contributed by atoms with Crippen LogP contribution in [0.5, 0.6) is 0 Å². The van der Waals surface area contributed by atoms with Crippen LogP contribution in [0.25, 0.3) is 11.0 Å². The van der Waals surface area contributed by atoms with E-state index in [4.69, 9.17) is 0 Å². The Morgan fingerprint density at radius 2 is 1.92 bits per heavy atom. The average molecular weight is 351 g/mol. The maximum absolute atomic E-state index is 12.7. The number of fused-ring (bicyclic) bond motifs is 1. The van der Waals surface area contributed by atoms with Gasteiger partial charge in [0.05, 0.1) is 17.2 Å². The zero-order valence-electron chi connectivity index (χ0n) is 14.6. The number of hydrogen-bond acceptors (Lipinski definition) is 5. The van der Waals surface area contributed by atoms with E-state index in [0.717, 1.165) is 23.9 Å². The highest BCUT2D eigenvalue weighted by atomic mass is 16.3. The molecule has 1 saturated heterocycles. The van der Waals surface area contributed by atoms with Gasteiger partial charge in [0.2, 0.25) is 0 Å². The van der Waals surface area contributed by atoms with E-state index < -0.39 is 6.10 Å². The van der Waals surface area contributed by atoms with E-state index in [9.17, 15) is 9.90 Å². The lowest BCUT2D eigenvalue weighted by atomic mass is 9.90. The van der Waals surface area contributed by atoms with E-state index in [1.165, 1.54) is 0 Å². The van der Waals surface area contributed by atoms with Crippen LogP contribution in [0.15, 0.2) is 42.9 Å². The van der Waals surface area contributed by atoms with Crippen LogP contribution in [0, 0.1) is 5.92 Å². The van der Waals surface area contributed by atoms with E-state index in [2.05, 4.69) is 15.0 Å². The van der Waals surface area contributed by atoms with Crippen LogP contribution in [-0.4, -0.2) is 48.5 Å². The number of imidazole rings is 1. The van der Waals surface area contributed by atoms with Gasteiger partial charge in [-0.3, -0.25) is 9.78 Å². The highest BCUT2D eigenvalue weighted by Crippen LogP contribution is 2.30. The quantitative estimate of drug-likeness (QED) is 0.780. The highest BCUT2D eigenvalue weighted by molar-refractivity contribution is 5.93. The van der Waals surface area contributed by atoms with Crippen molar-refractivity contribution in [2.24, 2.45) is 13.0 Å². The first kappa shape index (κ1) is 16.7. The van der Waals surface area contributed by atoms with Crippen LogP contribution < -0.4 is 0 Å². The number of aliphatic hydroxyl groups is 1. The van der Waals surface area contributed by atoms with Gasteiger partial charge in [-0.15, -0.1) is 0 Å². The van der Waals surface area contributed by atoms with Crippen LogP contribution in [-0.2, 0) is 7.05 Å². The van der Waals surface area contributed by atoms with Crippen LogP contribution in [0.1, 0.15) is 35.3 Å². The Balaban J connectivity index is 1.43. The second-order valence-electron chi connectivity index (χ2n) is 6.71. The number of para-hydroxylation sites is 2. The number of rotatable bonds is 3. The molecule has 3 aromatic rings. The molecule has 1 fully saturated rings. The van der Waals surface area contributed by atoms with E-state index in [0.29, 0.717) is 24.6 Å². The highest BCUT2D eigenvalue weighted by Gasteiger charge is 2.30. The number of carbonyl (C=O) groups is 1. The Labute approximate surface area is 151 Å². The Bertz CT molecular complexity index is 930. The number of nitrogens with zero attached hydrogens (tertiary/aromatic N) is 5. The van der Waals surface area contributed by atoms with Crippen LogP contribution in [0.3, 0.4) is 0 Å². The maximum Gasteiger partial charge on any atom is 0.274 e. The third-order valence-electron chi connectivity index (χ3n) is 5.06. The molecule has 1 amide bonds. The summed E-state index contributed by atoms with van der Waals surface area (Å²) in [4.78, 5) is 27.5. The first-order chi connectivity index (χ1) is 12.6. The lowest BCUT2D eigenvalue weighted by Crippen LogP contribution is -2.40. The summed E-state index contributed by atoms with van der Waals surface area (Å²) in [6, 6.07) is 7.52. The molecule has 2 aromatic heterocycles. The van der Waals surface area contributed by atoms with Crippen molar-refractivity contribution in [3.63, 3.8) is 0 Å². The molecule has 1 atom stereocenters. The van der Waals surface area contributed by atoms with E-state index in [-0.39, 0.29) is 11.8 Å². The molecule has 134 valence electrons. The normalized spacial score (nSPS) is 16.8. The van der Waals surface area contributed by atoms with Gasteiger partial charge in [-0.25, -0.2) is 9.97 Å². The minimum absolute atomic E-state index is 0.0998. The van der Waals surface area contributed by atoms with Gasteiger partial charge in [-0.1, -0.05) is 12.1 Å². The maximum atomic E-state index is 12.7. The fourth-order valence-corrected chi connectivity index (χ4v) is 3.51. The van der Waals surface area contributed by atoms with E-state index in [1.807, 2.05) is 42.1 Å². The molecule has 7 heteroatoms. The molecule has 0 unspecified atom stereocenters. The number of aryl methyl sites for hydroxylation is 1. The van der Waals surface area contributed by atoms with Crippen LogP contribution >= 0.6 is 0 Å². The lowest BCUT2D eigenvalue weighted by Gasteiger charge is -2.33. The summed E-state index contributed by atoms with van der Waals surface area (Å²) in [5.74, 6) is 0.672. The van der Waals surface area contributed by atoms with Crippen molar-refractivity contribution in [2.45, 2.75) is 18.9 Å². The van der Waals surface area contributed by atoms with Gasteiger partial charge in [-0.2, -0.15) is 0 Å². The monoisotopic (exact) mass is 351 g/mol. The Morgan fingerprint density at radius 3 is 2.62 bits per heavy atom. The summed E-state index contributed by atoms with van der Waals surface area (Å²) >= 11 is 0. The lowest BCUT2D eigenvalue weighted by molar-refractivity contribution is 0.0417. The molecule has 0 saturated carbocycles. The number of amides is 1. The van der Waals surface area contributed by atoms with Crippen molar-refractivity contribution in [2.75, 3.05) is 13.1 Å². The third-order valence-corrected chi connectivity index (χ3v) is 5.06. The van der Waals surface area contributed by atoms with Crippen molar-refractivity contribution >= 4 is 16.9 Å². The van der Waals surface area contributed by atoms with Crippen LogP contribution in [0.2, 0.25) is 0 Å². The summed E-state index contributed by atoms with van der Waals surface area (Å²) in [6.45, 7) is 1.19. The van der Waals surface area contributed by atoms with Gasteiger partial charge < -0.3 is 14.6 Å². The molecule has 1 aromatic carbocycles. The standard InChI is InChI=1S/C19H21N5O2/c1-23-11-8-20-18(23)17(25)13-6-9-24(10-7-13)19(26)16-12-21-14-4-2-3-5-15(14)22-16/h2-5,8,11-13,17,25H,6-7,9-10H2,1H3/t17-/m1/s1. The van der Waals surface area contributed by atoms with E-state index >= 15 is 0 Å². The molecule has 7 nitrogen and oxygen atoms in total. The number of piperidine rings is 1. The van der Waals surface area contributed by atoms with Crippen molar-refractivity contribution in [3.05, 3.63) is 54.4 Å². The smallest absolute Gasteiger partial charge is 0.274 e. The zero-order chi connectivity index (χ0) is 18.1. The molecular weight excluding hydrogens is 330 g/mol. The van der Waals surface area contributed by atoms with Gasteiger partial charge in [0.25, 0.3) is 5.91 Å². The van der Waals surface area contributed by atoms with Gasteiger partial charge in [0.1, 0.15) is 17.6 Å². The summed E-state index contributed by atoms with van der Waals surface area (Å²) in [5.41, 5.74) is 1.87. The Morgan fingerprint density at radius 1 is 1.19 bits per heavy atom. The second kappa shape index (κ2) is 6.84. The molecule has 1 aliphatic heterocycles. The van der Waals surface area contributed by atoms with Crippen molar-refractivity contribution in [1.29, 1.82) is 0 Å². The Kier molecular flexibility index (Phi) is 4.38. The van der Waals surface area contributed by atoms with Crippen molar-refractivity contribution in [3.8, 4) is 0 Å². The number of likely N-dealkylation sites (tertiary alicyclic amines) is 1. The summed E-state index contributed by atoms with van der Waals surface area (Å²) < 4.78 is 1.84. The van der Waals surface area contributed by atoms with Gasteiger partial charge in [0.15, 0.2) is 0 Å². The van der Waals surface area contributed by atoms with Gasteiger partial charge >= 0.3 is 0 Å². The van der Waals surface area contributed by atoms with Crippen molar-refractivity contribution in [1.82, 2.24) is 24.4 Å². The minimum atomic E-state index is -0.604. The van der Waals surface area contributed by atoms with Gasteiger partial charge in [-0.05, 0) is 30.9 Å². The number of benzene rings is 1. The molecule has 0 spiro atoms. The fraction of sp³-hybridized carbons (Fsp3) is 0.368. The summed E-state index contributed by atoms with van der Waals surface area (Å²) in [5, 5.41) is 10.6. The van der Waals surface area contributed by atoms with E-state index in [1.54, 1.807) is 17.3 Å². The number of hydrogen-bond donors (Lipinski definition) is 1. The zero-order valence-corrected chi connectivity index (χ0v) is 14.6. The van der Waals surface area contributed by atoms with Crippen LogP contribution in [0.4, 0.5) is 0 Å². The molecule has 4 rings (SSSR count). The third kappa shape index (κ3) is 3.06. The molecule has 1 aliphatic rings. The average Bonchev–Trinajstić information content (AvgIpc) is 3.12. The predicted molar refractivity (Wildman–Crippen MR) is 96.3 cm³/mol. The minimum Gasteiger partial charge on any atom is -0.385 e. The predicted octanol–water partition coefficient (Wildman–Crippen LogP) is 1.95. The molecule has 0 aliphatic carbocycles. The molecule has 26 heavy (non-hydrogen) atoms. The Hall–Kier alpha value is -2.80. The SMILES string of the molecule is Cn1ccnc1[C@H](O)C1CCN(C(=O)c2cnc3ccccc3n2)CC1. The number of aliphatic hydroxyl groups excluding tert-OH is 1. The first-order valence-corrected chi connectivity index (χ1v) is 8.80. The van der Waals surface area contributed by atoms with Gasteiger partial charge in [0, 0.05) is 32.5 Å². The van der Waals surface area contributed by atoms with Crippen molar-refractivity contribution < 1.29 is 9.90 Å². The molecular formula is C19H21N5O2. The second-order valence-corrected chi connectivity index (χ2v) is 6.71.